The zero-order valence-corrected chi connectivity index (χ0v) is 18.4. The molecule has 1 aliphatic heterocycles. The van der Waals surface area contributed by atoms with Crippen molar-refractivity contribution < 1.29 is 28.6 Å². The van der Waals surface area contributed by atoms with E-state index in [1.165, 1.54) is 6.92 Å². The number of hydrogen-bond donors (Lipinski definition) is 2. The van der Waals surface area contributed by atoms with Gasteiger partial charge in [-0.15, -0.1) is 0 Å². The summed E-state index contributed by atoms with van der Waals surface area (Å²) >= 11 is 3.45. The highest BCUT2D eigenvalue weighted by molar-refractivity contribution is 9.10. The van der Waals surface area contributed by atoms with Gasteiger partial charge in [0.2, 0.25) is 0 Å². The second kappa shape index (κ2) is 9.78. The van der Waals surface area contributed by atoms with E-state index in [-0.39, 0.29) is 12.4 Å². The van der Waals surface area contributed by atoms with Gasteiger partial charge in [-0.05, 0) is 61.3 Å². The number of benzene rings is 1. The molecule has 2 N–H and O–H groups in total. The first-order valence-electron chi connectivity index (χ1n) is 9.25. The molecule has 1 aliphatic rings. The van der Waals surface area contributed by atoms with E-state index in [1.807, 2.05) is 6.92 Å². The summed E-state index contributed by atoms with van der Waals surface area (Å²) in [6.07, 6.45) is -0.848. The zero-order valence-electron chi connectivity index (χ0n) is 16.8. The lowest BCUT2D eigenvalue weighted by molar-refractivity contribution is -0.150. The molecule has 158 valence electrons. The summed E-state index contributed by atoms with van der Waals surface area (Å²) in [5.74, 6) is -0.579. The SMILES string of the molecule is C=C1NC(=O)N[C@H](c2cc(Br)c(O[C@@H](C)C(=O)OCC)c(OCC)c2)[C@H]1C(C)=O. The second-order valence-corrected chi connectivity index (χ2v) is 7.32. The lowest BCUT2D eigenvalue weighted by atomic mass is 9.86. The van der Waals surface area contributed by atoms with E-state index in [1.54, 1.807) is 26.0 Å². The Morgan fingerprint density at radius 2 is 1.97 bits per heavy atom. The Morgan fingerprint density at radius 3 is 2.55 bits per heavy atom. The molecule has 8 nitrogen and oxygen atoms in total. The quantitative estimate of drug-likeness (QED) is 0.567. The summed E-state index contributed by atoms with van der Waals surface area (Å²) in [7, 11) is 0. The minimum Gasteiger partial charge on any atom is -0.490 e. The van der Waals surface area contributed by atoms with E-state index in [0.29, 0.717) is 33.8 Å². The van der Waals surface area contributed by atoms with Gasteiger partial charge in [-0.1, -0.05) is 6.58 Å². The third-order valence-corrected chi connectivity index (χ3v) is 4.90. The third kappa shape index (κ3) is 5.29. The maximum Gasteiger partial charge on any atom is 0.347 e. The largest absolute Gasteiger partial charge is 0.490 e. The maximum absolute atomic E-state index is 12.2. The number of urea groups is 1. The monoisotopic (exact) mass is 468 g/mol. The van der Waals surface area contributed by atoms with Gasteiger partial charge in [0.1, 0.15) is 5.78 Å². The molecular formula is C20H25BrN2O6. The number of rotatable bonds is 8. The van der Waals surface area contributed by atoms with Crippen molar-refractivity contribution in [1.29, 1.82) is 0 Å². The number of esters is 1. The Morgan fingerprint density at radius 1 is 1.28 bits per heavy atom. The summed E-state index contributed by atoms with van der Waals surface area (Å²) in [6.45, 7) is 11.0. The molecule has 1 saturated heterocycles. The average molecular weight is 469 g/mol. The molecule has 3 atom stereocenters. The van der Waals surface area contributed by atoms with Crippen LogP contribution in [0.1, 0.15) is 39.3 Å². The number of carbonyl (C=O) groups excluding carboxylic acids is 3. The predicted octanol–water partition coefficient (Wildman–Crippen LogP) is 3.25. The molecule has 0 spiro atoms. The van der Waals surface area contributed by atoms with Crippen molar-refractivity contribution in [3.05, 3.63) is 34.4 Å². The van der Waals surface area contributed by atoms with Crippen LogP contribution >= 0.6 is 15.9 Å². The van der Waals surface area contributed by atoms with Crippen LogP contribution in [0.15, 0.2) is 28.9 Å². The van der Waals surface area contributed by atoms with E-state index >= 15 is 0 Å². The molecule has 9 heteroatoms. The molecule has 1 heterocycles. The molecule has 2 amide bonds. The Kier molecular flexibility index (Phi) is 7.66. The van der Waals surface area contributed by atoms with E-state index in [2.05, 4.69) is 33.1 Å². The van der Waals surface area contributed by atoms with Crippen LogP contribution in [-0.2, 0) is 14.3 Å². The average Bonchev–Trinajstić information content (AvgIpc) is 2.63. The van der Waals surface area contributed by atoms with Gasteiger partial charge in [0.05, 0.1) is 29.6 Å². The molecule has 0 aliphatic carbocycles. The van der Waals surface area contributed by atoms with E-state index < -0.39 is 30.1 Å². The van der Waals surface area contributed by atoms with E-state index in [0.717, 1.165) is 0 Å². The molecule has 0 saturated carbocycles. The van der Waals surface area contributed by atoms with Crippen molar-refractivity contribution in [2.45, 2.75) is 39.8 Å². The molecular weight excluding hydrogens is 444 g/mol. The van der Waals surface area contributed by atoms with Crippen LogP contribution in [0.25, 0.3) is 0 Å². The fourth-order valence-corrected chi connectivity index (χ4v) is 3.62. The smallest absolute Gasteiger partial charge is 0.347 e. The highest BCUT2D eigenvalue weighted by atomic mass is 79.9. The van der Waals surface area contributed by atoms with Crippen molar-refractivity contribution in [1.82, 2.24) is 10.6 Å². The minimum absolute atomic E-state index is 0.141. The summed E-state index contributed by atoms with van der Waals surface area (Å²) < 4.78 is 17.0. The van der Waals surface area contributed by atoms with Crippen molar-refractivity contribution in [2.75, 3.05) is 13.2 Å². The number of Topliss-reactive ketones (excluding diaryl/α,β-unsaturated/α-hetero) is 1. The Labute approximate surface area is 178 Å². The van der Waals surface area contributed by atoms with Crippen molar-refractivity contribution >= 4 is 33.7 Å². The highest BCUT2D eigenvalue weighted by Gasteiger charge is 2.36. The summed E-state index contributed by atoms with van der Waals surface area (Å²) in [4.78, 5) is 36.1. The van der Waals surface area contributed by atoms with Gasteiger partial charge in [-0.2, -0.15) is 0 Å². The predicted molar refractivity (Wildman–Crippen MR) is 110 cm³/mol. The van der Waals surface area contributed by atoms with Gasteiger partial charge in [0, 0.05) is 5.70 Å². The number of carbonyl (C=O) groups is 3. The minimum atomic E-state index is -0.848. The molecule has 0 unspecified atom stereocenters. The Bertz CT molecular complexity index is 825. The number of ketones is 1. The fourth-order valence-electron chi connectivity index (χ4n) is 3.07. The van der Waals surface area contributed by atoms with Gasteiger partial charge in [0.15, 0.2) is 17.6 Å². The molecule has 1 aromatic carbocycles. The highest BCUT2D eigenvalue weighted by Crippen LogP contribution is 2.41. The van der Waals surface area contributed by atoms with Crippen LogP contribution < -0.4 is 20.1 Å². The van der Waals surface area contributed by atoms with Crippen LogP contribution in [0.3, 0.4) is 0 Å². The van der Waals surface area contributed by atoms with Gasteiger partial charge in [0.25, 0.3) is 0 Å². The lowest BCUT2D eigenvalue weighted by Crippen LogP contribution is -2.50. The first-order valence-corrected chi connectivity index (χ1v) is 10.0. The van der Waals surface area contributed by atoms with Gasteiger partial charge in [-0.3, -0.25) is 4.79 Å². The van der Waals surface area contributed by atoms with Crippen LogP contribution in [0, 0.1) is 5.92 Å². The second-order valence-electron chi connectivity index (χ2n) is 6.46. The molecule has 0 aromatic heterocycles. The number of halogens is 1. The molecule has 1 aromatic rings. The zero-order chi connectivity index (χ0) is 21.7. The van der Waals surface area contributed by atoms with Crippen LogP contribution in [0.2, 0.25) is 0 Å². The first kappa shape index (κ1) is 22.7. The number of hydrogen-bond acceptors (Lipinski definition) is 6. The molecule has 2 rings (SSSR count). The third-order valence-electron chi connectivity index (χ3n) is 4.31. The Balaban J connectivity index is 2.44. The topological polar surface area (TPSA) is 103 Å². The van der Waals surface area contributed by atoms with Gasteiger partial charge in [-0.25, -0.2) is 9.59 Å². The fraction of sp³-hybridized carbons (Fsp3) is 0.450. The lowest BCUT2D eigenvalue weighted by Gasteiger charge is -2.33. The maximum atomic E-state index is 12.2. The normalized spacial score (nSPS) is 19.6. The van der Waals surface area contributed by atoms with Crippen molar-refractivity contribution in [3.63, 3.8) is 0 Å². The van der Waals surface area contributed by atoms with Crippen LogP contribution in [0.4, 0.5) is 4.79 Å². The number of ether oxygens (including phenoxy) is 3. The van der Waals surface area contributed by atoms with Gasteiger partial charge >= 0.3 is 12.0 Å². The molecule has 0 radical (unpaired) electrons. The number of nitrogens with one attached hydrogen (secondary N) is 2. The first-order chi connectivity index (χ1) is 13.7. The van der Waals surface area contributed by atoms with Crippen LogP contribution in [-0.4, -0.2) is 37.1 Å². The standard InChI is InChI=1S/C20H25BrN2O6/c1-6-27-15-9-13(17-16(11(4)24)10(3)22-20(26)23-17)8-14(21)18(15)29-12(5)19(25)28-7-2/h8-9,12,16-17H,3,6-7H2,1-2,4-5H3,(H2,22,23,26)/t12-,16+,17+/m0/s1. The Hall–Kier alpha value is -2.55. The summed E-state index contributed by atoms with van der Waals surface area (Å²) in [5.41, 5.74) is 0.962. The van der Waals surface area contributed by atoms with E-state index in [9.17, 15) is 14.4 Å². The molecule has 0 bridgehead atoms. The number of amides is 2. The molecule has 29 heavy (non-hydrogen) atoms. The molecule has 1 fully saturated rings. The van der Waals surface area contributed by atoms with Crippen molar-refractivity contribution in [3.8, 4) is 11.5 Å². The van der Waals surface area contributed by atoms with E-state index in [4.69, 9.17) is 14.2 Å². The van der Waals surface area contributed by atoms with Crippen LogP contribution in [0.5, 0.6) is 11.5 Å². The van der Waals surface area contributed by atoms with Gasteiger partial charge < -0.3 is 24.8 Å². The summed E-state index contributed by atoms with van der Waals surface area (Å²) in [6, 6.07) is 2.33. The summed E-state index contributed by atoms with van der Waals surface area (Å²) in [5, 5.41) is 5.31. The van der Waals surface area contributed by atoms with Crippen molar-refractivity contribution in [2.24, 2.45) is 5.92 Å².